The van der Waals surface area contributed by atoms with Gasteiger partial charge in [0, 0.05) is 19.5 Å². The number of ether oxygens (including phenoxy) is 1. The molecular formula is C20H25FN2O4S. The standard InChI is InChI=1S/C20H25FN2O4S/c1-3-27-17-9-6-8-16(14-17)15-22-20(24)12-7-13-23(28(2,25)26)19-11-5-4-10-18(19)21/h4-6,8-11,14H,3,7,12-13,15H2,1-2H3,(H,22,24). The molecule has 1 N–H and O–H groups in total. The molecule has 0 fully saturated rings. The van der Waals surface area contributed by atoms with E-state index in [0.717, 1.165) is 21.9 Å². The van der Waals surface area contributed by atoms with Gasteiger partial charge >= 0.3 is 0 Å². The number of halogens is 1. The Morgan fingerprint density at radius 1 is 1.18 bits per heavy atom. The molecule has 0 bridgehead atoms. The lowest BCUT2D eigenvalue weighted by molar-refractivity contribution is -0.121. The molecule has 0 unspecified atom stereocenters. The topological polar surface area (TPSA) is 75.7 Å². The second-order valence-electron chi connectivity index (χ2n) is 6.25. The van der Waals surface area contributed by atoms with Crippen LogP contribution in [-0.2, 0) is 21.4 Å². The molecule has 6 nitrogen and oxygen atoms in total. The molecule has 1 amide bonds. The molecular weight excluding hydrogens is 383 g/mol. The van der Waals surface area contributed by atoms with E-state index in [-0.39, 0.29) is 31.0 Å². The average molecular weight is 408 g/mol. The van der Waals surface area contributed by atoms with Crippen LogP contribution in [0.5, 0.6) is 5.75 Å². The van der Waals surface area contributed by atoms with Gasteiger partial charge in [-0.2, -0.15) is 0 Å². The summed E-state index contributed by atoms with van der Waals surface area (Å²) in [6.07, 6.45) is 1.42. The zero-order valence-electron chi connectivity index (χ0n) is 16.0. The summed E-state index contributed by atoms with van der Waals surface area (Å²) >= 11 is 0. The maximum absolute atomic E-state index is 14.0. The summed E-state index contributed by atoms with van der Waals surface area (Å²) in [5.41, 5.74) is 0.890. The monoisotopic (exact) mass is 408 g/mol. The van der Waals surface area contributed by atoms with E-state index >= 15 is 0 Å². The summed E-state index contributed by atoms with van der Waals surface area (Å²) in [7, 11) is -3.66. The van der Waals surface area contributed by atoms with Crippen molar-refractivity contribution in [3.8, 4) is 5.75 Å². The molecule has 0 saturated heterocycles. The molecule has 152 valence electrons. The molecule has 0 aromatic heterocycles. The van der Waals surface area contributed by atoms with Crippen LogP contribution < -0.4 is 14.4 Å². The normalized spacial score (nSPS) is 11.1. The molecule has 2 aromatic rings. The first-order valence-corrected chi connectivity index (χ1v) is 10.9. The molecule has 28 heavy (non-hydrogen) atoms. The second kappa shape index (κ2) is 10.1. The number of carbonyl (C=O) groups excluding carboxylic acids is 1. The number of sulfonamides is 1. The lowest BCUT2D eigenvalue weighted by Gasteiger charge is -2.22. The van der Waals surface area contributed by atoms with Crippen LogP contribution in [0.25, 0.3) is 0 Å². The van der Waals surface area contributed by atoms with Gasteiger partial charge in [0.25, 0.3) is 0 Å². The number of hydrogen-bond donors (Lipinski definition) is 1. The summed E-state index contributed by atoms with van der Waals surface area (Å²) in [5.74, 6) is -0.0849. The zero-order valence-corrected chi connectivity index (χ0v) is 16.8. The van der Waals surface area contributed by atoms with Crippen LogP contribution in [0, 0.1) is 5.82 Å². The molecule has 0 spiro atoms. The molecule has 8 heteroatoms. The highest BCUT2D eigenvalue weighted by Gasteiger charge is 2.20. The van der Waals surface area contributed by atoms with Crippen molar-refractivity contribution in [3.63, 3.8) is 0 Å². The van der Waals surface area contributed by atoms with Gasteiger partial charge in [-0.05, 0) is 43.2 Å². The molecule has 0 saturated carbocycles. The Morgan fingerprint density at radius 2 is 1.93 bits per heavy atom. The maximum atomic E-state index is 14.0. The summed E-state index contributed by atoms with van der Waals surface area (Å²) in [6.45, 7) is 2.83. The zero-order chi connectivity index (χ0) is 20.6. The summed E-state index contributed by atoms with van der Waals surface area (Å²) in [5, 5.41) is 2.80. The van der Waals surface area contributed by atoms with Crippen LogP contribution in [0.3, 0.4) is 0 Å². The van der Waals surface area contributed by atoms with E-state index in [9.17, 15) is 17.6 Å². The van der Waals surface area contributed by atoms with E-state index in [1.807, 2.05) is 31.2 Å². The Balaban J connectivity index is 1.88. The fourth-order valence-electron chi connectivity index (χ4n) is 2.70. The van der Waals surface area contributed by atoms with E-state index < -0.39 is 15.8 Å². The van der Waals surface area contributed by atoms with Crippen molar-refractivity contribution < 1.29 is 22.3 Å². The number of para-hydroxylation sites is 1. The SMILES string of the molecule is CCOc1cccc(CNC(=O)CCCN(c2ccccc2F)S(C)(=O)=O)c1. The summed E-state index contributed by atoms with van der Waals surface area (Å²) in [4.78, 5) is 12.1. The largest absolute Gasteiger partial charge is 0.494 e. The number of nitrogens with zero attached hydrogens (tertiary/aromatic N) is 1. The average Bonchev–Trinajstić information content (AvgIpc) is 2.64. The molecule has 0 aliphatic rings. The van der Waals surface area contributed by atoms with E-state index in [2.05, 4.69) is 5.32 Å². The maximum Gasteiger partial charge on any atom is 0.232 e. The highest BCUT2D eigenvalue weighted by Crippen LogP contribution is 2.21. The highest BCUT2D eigenvalue weighted by atomic mass is 32.2. The highest BCUT2D eigenvalue weighted by molar-refractivity contribution is 7.92. The second-order valence-corrected chi connectivity index (χ2v) is 8.15. The predicted molar refractivity (Wildman–Crippen MR) is 107 cm³/mol. The van der Waals surface area contributed by atoms with Crippen molar-refractivity contribution in [3.05, 3.63) is 59.9 Å². The van der Waals surface area contributed by atoms with E-state index in [1.165, 1.54) is 18.2 Å². The van der Waals surface area contributed by atoms with Crippen molar-refractivity contribution in [1.82, 2.24) is 5.32 Å². The summed E-state index contributed by atoms with van der Waals surface area (Å²) in [6, 6.07) is 13.1. The lowest BCUT2D eigenvalue weighted by Crippen LogP contribution is -2.32. The van der Waals surface area contributed by atoms with Crippen LogP contribution in [-0.4, -0.2) is 33.7 Å². The number of nitrogens with one attached hydrogen (secondary N) is 1. The molecule has 0 atom stereocenters. The van der Waals surface area contributed by atoms with Crippen LogP contribution in [0.1, 0.15) is 25.3 Å². The molecule has 0 radical (unpaired) electrons. The molecule has 0 heterocycles. The van der Waals surface area contributed by atoms with Crippen LogP contribution in [0.4, 0.5) is 10.1 Å². The quantitative estimate of drug-likeness (QED) is 0.656. The Bertz CT molecular complexity index is 903. The van der Waals surface area contributed by atoms with Crippen LogP contribution in [0.15, 0.2) is 48.5 Å². The number of carbonyl (C=O) groups is 1. The number of benzene rings is 2. The number of anilines is 1. The van der Waals surface area contributed by atoms with Crippen molar-refractivity contribution in [1.29, 1.82) is 0 Å². The first-order chi connectivity index (χ1) is 13.3. The van der Waals surface area contributed by atoms with Crippen molar-refractivity contribution in [2.45, 2.75) is 26.3 Å². The van der Waals surface area contributed by atoms with Crippen LogP contribution >= 0.6 is 0 Å². The van der Waals surface area contributed by atoms with E-state index in [4.69, 9.17) is 4.74 Å². The molecule has 2 aromatic carbocycles. The van der Waals surface area contributed by atoms with Gasteiger partial charge in [0.2, 0.25) is 15.9 Å². The minimum absolute atomic E-state index is 0.0156. The third kappa shape index (κ3) is 6.53. The van der Waals surface area contributed by atoms with Gasteiger partial charge in [0.05, 0.1) is 18.6 Å². The minimum atomic E-state index is -3.66. The van der Waals surface area contributed by atoms with Gasteiger partial charge in [-0.3, -0.25) is 9.10 Å². The van der Waals surface area contributed by atoms with Gasteiger partial charge in [-0.1, -0.05) is 24.3 Å². The smallest absolute Gasteiger partial charge is 0.232 e. The molecule has 0 aliphatic carbocycles. The first-order valence-electron chi connectivity index (χ1n) is 9.02. The third-order valence-corrected chi connectivity index (χ3v) is 5.17. The Labute approximate surface area is 165 Å². The fraction of sp³-hybridized carbons (Fsp3) is 0.350. The first kappa shape index (κ1) is 21.7. The van der Waals surface area contributed by atoms with Gasteiger partial charge in [0.15, 0.2) is 0 Å². The third-order valence-electron chi connectivity index (χ3n) is 3.99. The van der Waals surface area contributed by atoms with E-state index in [0.29, 0.717) is 13.2 Å². The van der Waals surface area contributed by atoms with Crippen LogP contribution in [0.2, 0.25) is 0 Å². The van der Waals surface area contributed by atoms with Gasteiger partial charge in [0.1, 0.15) is 11.6 Å². The number of rotatable bonds is 10. The van der Waals surface area contributed by atoms with Gasteiger partial charge in [-0.25, -0.2) is 12.8 Å². The molecule has 0 aliphatic heterocycles. The Morgan fingerprint density at radius 3 is 2.61 bits per heavy atom. The number of amides is 1. The minimum Gasteiger partial charge on any atom is -0.494 e. The van der Waals surface area contributed by atoms with Gasteiger partial charge < -0.3 is 10.1 Å². The van der Waals surface area contributed by atoms with Crippen molar-refractivity contribution in [2.24, 2.45) is 0 Å². The number of hydrogen-bond acceptors (Lipinski definition) is 4. The predicted octanol–water partition coefficient (Wildman–Crippen LogP) is 3.09. The van der Waals surface area contributed by atoms with Gasteiger partial charge in [-0.15, -0.1) is 0 Å². The van der Waals surface area contributed by atoms with Crippen molar-refractivity contribution >= 4 is 21.6 Å². The summed E-state index contributed by atoms with van der Waals surface area (Å²) < 4.78 is 44.4. The molecule has 2 rings (SSSR count). The Hall–Kier alpha value is -2.61. The fourth-order valence-corrected chi connectivity index (χ4v) is 3.67. The van der Waals surface area contributed by atoms with Crippen molar-refractivity contribution in [2.75, 3.05) is 23.7 Å². The lowest BCUT2D eigenvalue weighted by atomic mass is 10.2. The van der Waals surface area contributed by atoms with E-state index in [1.54, 1.807) is 6.07 Å². The Kier molecular flexibility index (Phi) is 7.80.